The third-order valence-electron chi connectivity index (χ3n) is 1.37. The average Bonchev–Trinajstić information content (AvgIpc) is 2.17. The first kappa shape index (κ1) is 18.5. The summed E-state index contributed by atoms with van der Waals surface area (Å²) in [6, 6.07) is 9.54. The molecule has 0 aromatic heterocycles. The van der Waals surface area contributed by atoms with E-state index in [2.05, 4.69) is 0 Å². The predicted molar refractivity (Wildman–Crippen MR) is 81.5 cm³/mol. The van der Waals surface area contributed by atoms with Gasteiger partial charge in [-0.1, -0.05) is 99.9 Å². The molecule has 0 fully saturated rings. The van der Waals surface area contributed by atoms with E-state index >= 15 is 0 Å². The second kappa shape index (κ2) is 7.97. The van der Waals surface area contributed by atoms with E-state index in [1.807, 2.05) is 30.3 Å². The number of hydrogen-bond donors (Lipinski definition) is 0. The van der Waals surface area contributed by atoms with Crippen molar-refractivity contribution in [3.05, 3.63) is 35.9 Å². The van der Waals surface area contributed by atoms with Gasteiger partial charge in [0.25, 0.3) is 0 Å². The van der Waals surface area contributed by atoms with Gasteiger partial charge in [0, 0.05) is 0 Å². The summed E-state index contributed by atoms with van der Waals surface area (Å²) in [5.74, 6) is 0. The summed E-state index contributed by atoms with van der Waals surface area (Å²) in [5.41, 5.74) is 0.945. The summed E-state index contributed by atoms with van der Waals surface area (Å²) in [5, 5.41) is 0. The predicted octanol–water partition coefficient (Wildman–Crippen LogP) is 6.89. The van der Waals surface area contributed by atoms with Gasteiger partial charge in [-0.2, -0.15) is 0 Å². The Morgan fingerprint density at radius 1 is 0.706 bits per heavy atom. The zero-order valence-corrected chi connectivity index (χ0v) is 14.0. The zero-order valence-electron chi connectivity index (χ0n) is 7.99. The van der Waals surface area contributed by atoms with E-state index in [0.717, 1.165) is 5.56 Å². The fourth-order valence-corrected chi connectivity index (χ4v) is 0.889. The zero-order chi connectivity index (χ0) is 13.7. The lowest BCUT2D eigenvalue weighted by molar-refractivity contribution is 1.10. The molecule has 0 unspecified atom stereocenters. The fourth-order valence-electron chi connectivity index (χ4n) is 0.599. The van der Waals surface area contributed by atoms with Gasteiger partial charge in [-0.15, -0.1) is 23.2 Å². The van der Waals surface area contributed by atoms with Gasteiger partial charge in [-0.25, -0.2) is 0 Å². The van der Waals surface area contributed by atoms with Gasteiger partial charge in [0.2, 0.25) is 7.59 Å². The summed E-state index contributed by atoms with van der Waals surface area (Å²) in [7, 11) is 0. The third kappa shape index (κ3) is 8.34. The molecule has 0 radical (unpaired) electrons. The Morgan fingerprint density at radius 3 is 1.24 bits per heavy atom. The summed E-state index contributed by atoms with van der Waals surface area (Å²) >= 11 is 42.0. The van der Waals surface area contributed by atoms with Crippen molar-refractivity contribution in [2.75, 3.05) is 0 Å². The maximum absolute atomic E-state index is 5.57. The largest absolute Gasteiger partial charge is 0.236 e. The minimum Gasteiger partial charge on any atom is -0.100 e. The van der Waals surface area contributed by atoms with E-state index < -0.39 is 12.4 Å². The van der Waals surface area contributed by atoms with Crippen LogP contribution in [-0.4, -0.2) is 7.59 Å². The number of halogens is 8. The maximum atomic E-state index is 5.57. The molecule has 1 aromatic carbocycles. The lowest BCUT2D eigenvalue weighted by atomic mass is 10.2. The van der Waals surface area contributed by atoms with Crippen molar-refractivity contribution in [1.82, 2.24) is 0 Å². The molecule has 0 amide bonds. The fraction of sp³-hybridized carbons (Fsp3) is 0.333. The molecule has 0 aliphatic carbocycles. The van der Waals surface area contributed by atoms with Gasteiger partial charge in [0.15, 0.2) is 0 Å². The smallest absolute Gasteiger partial charge is 0.100 e. The van der Waals surface area contributed by atoms with Crippen LogP contribution in [0, 0.1) is 0 Å². The van der Waals surface area contributed by atoms with Crippen molar-refractivity contribution in [2.24, 2.45) is 0 Å². The number of rotatable bonds is 1. The molecule has 0 bridgehead atoms. The minimum atomic E-state index is -1.85. The molecule has 17 heavy (non-hydrogen) atoms. The first-order valence-electron chi connectivity index (χ1n) is 4.02. The van der Waals surface area contributed by atoms with Crippen molar-refractivity contribution >= 4 is 92.8 Å². The van der Waals surface area contributed by atoms with E-state index in [0.29, 0.717) is 0 Å². The molecule has 98 valence electrons. The van der Waals surface area contributed by atoms with Crippen LogP contribution >= 0.6 is 92.8 Å². The van der Waals surface area contributed by atoms with Crippen LogP contribution in [0.4, 0.5) is 0 Å². The highest BCUT2D eigenvalue weighted by atomic mass is 35.6. The number of benzene rings is 1. The van der Waals surface area contributed by atoms with Crippen molar-refractivity contribution in [2.45, 2.75) is 12.4 Å². The van der Waals surface area contributed by atoms with Gasteiger partial charge >= 0.3 is 0 Å². The van der Waals surface area contributed by atoms with Crippen molar-refractivity contribution in [1.29, 1.82) is 0 Å². The standard InChI is InChI=1S/C7H6Cl2.C2Cl6/c8-7(9)6-4-2-1-3-5-6;3-1(4,5)2(6,7)8/h1-5,7H;. The molecule has 0 N–H and O–H groups in total. The first-order chi connectivity index (χ1) is 7.55. The van der Waals surface area contributed by atoms with Crippen LogP contribution in [-0.2, 0) is 0 Å². The lowest BCUT2D eigenvalue weighted by Crippen LogP contribution is -2.23. The highest BCUT2D eigenvalue weighted by molar-refractivity contribution is 6.83. The highest BCUT2D eigenvalue weighted by Gasteiger charge is 2.43. The number of hydrogen-bond acceptors (Lipinski definition) is 0. The van der Waals surface area contributed by atoms with Gasteiger partial charge in [0.05, 0.1) is 0 Å². The van der Waals surface area contributed by atoms with E-state index in [-0.39, 0.29) is 0 Å². The Morgan fingerprint density at radius 2 is 1.06 bits per heavy atom. The van der Waals surface area contributed by atoms with Gasteiger partial charge in [-0.3, -0.25) is 0 Å². The average molecular weight is 398 g/mol. The SMILES string of the molecule is ClC(Cl)(Cl)C(Cl)(Cl)Cl.ClC(Cl)c1ccccc1. The molecular weight excluding hydrogens is 392 g/mol. The van der Waals surface area contributed by atoms with Gasteiger partial charge < -0.3 is 0 Å². The molecule has 0 heterocycles. The van der Waals surface area contributed by atoms with E-state index in [1.165, 1.54) is 0 Å². The molecule has 0 spiro atoms. The quantitative estimate of drug-likeness (QED) is 0.453. The van der Waals surface area contributed by atoms with Crippen LogP contribution in [0.2, 0.25) is 0 Å². The Kier molecular flexibility index (Phi) is 8.69. The Labute approximate surface area is 140 Å². The molecule has 1 aromatic rings. The lowest BCUT2D eigenvalue weighted by Gasteiger charge is -2.19. The minimum absolute atomic E-state index is 0.397. The molecule has 0 nitrogen and oxygen atoms in total. The van der Waals surface area contributed by atoms with Crippen LogP contribution in [0.1, 0.15) is 10.4 Å². The monoisotopic (exact) mass is 394 g/mol. The van der Waals surface area contributed by atoms with Gasteiger partial charge in [-0.05, 0) is 5.56 Å². The molecule has 0 atom stereocenters. The number of alkyl halides is 8. The summed E-state index contributed by atoms with van der Waals surface area (Å²) in [6.07, 6.45) is 0. The van der Waals surface area contributed by atoms with Crippen LogP contribution in [0.15, 0.2) is 30.3 Å². The molecule has 8 heteroatoms. The maximum Gasteiger partial charge on any atom is 0.236 e. The molecule has 0 aliphatic heterocycles. The van der Waals surface area contributed by atoms with Crippen molar-refractivity contribution in [3.8, 4) is 0 Å². The van der Waals surface area contributed by atoms with Gasteiger partial charge in [0.1, 0.15) is 4.84 Å². The summed E-state index contributed by atoms with van der Waals surface area (Å²) in [6.45, 7) is 0. The van der Waals surface area contributed by atoms with Crippen LogP contribution in [0.5, 0.6) is 0 Å². The van der Waals surface area contributed by atoms with Crippen molar-refractivity contribution < 1.29 is 0 Å². The van der Waals surface area contributed by atoms with Crippen molar-refractivity contribution in [3.63, 3.8) is 0 Å². The molecule has 1 rings (SSSR count). The topological polar surface area (TPSA) is 0 Å². The Bertz CT molecular complexity index is 298. The first-order valence-corrected chi connectivity index (χ1v) is 7.16. The summed E-state index contributed by atoms with van der Waals surface area (Å²) < 4.78 is -3.70. The summed E-state index contributed by atoms with van der Waals surface area (Å²) in [4.78, 5) is -0.397. The second-order valence-corrected chi connectivity index (χ2v) is 8.37. The molecule has 0 saturated heterocycles. The van der Waals surface area contributed by atoms with Crippen LogP contribution in [0.3, 0.4) is 0 Å². The highest BCUT2D eigenvalue weighted by Crippen LogP contribution is 2.48. The second-order valence-electron chi connectivity index (χ2n) is 2.71. The normalized spacial score (nSPS) is 12.1. The van der Waals surface area contributed by atoms with Crippen LogP contribution in [0.25, 0.3) is 0 Å². The van der Waals surface area contributed by atoms with E-state index in [9.17, 15) is 0 Å². The van der Waals surface area contributed by atoms with E-state index in [4.69, 9.17) is 92.8 Å². The molecular formula is C9H6Cl8. The Balaban J connectivity index is 0.000000304. The third-order valence-corrected chi connectivity index (χ3v) is 4.45. The van der Waals surface area contributed by atoms with E-state index in [1.54, 1.807) is 0 Å². The van der Waals surface area contributed by atoms with Crippen LogP contribution < -0.4 is 0 Å². The molecule has 0 aliphatic rings. The Hall–Kier alpha value is 1.54. The molecule has 0 saturated carbocycles.